The standard InChI is InChI=1S/C16H33NO/c1-3-15-11-7-8-12-16(15)18-14-10-6-5-9-13-17-4-2/h15-17H,3-14H2,1-2H3. The molecule has 1 fully saturated rings. The summed E-state index contributed by atoms with van der Waals surface area (Å²) in [4.78, 5) is 0. The van der Waals surface area contributed by atoms with Crippen molar-refractivity contribution in [3.63, 3.8) is 0 Å². The van der Waals surface area contributed by atoms with Crippen LogP contribution in [0.2, 0.25) is 0 Å². The lowest BCUT2D eigenvalue weighted by Crippen LogP contribution is -2.27. The predicted molar refractivity (Wildman–Crippen MR) is 79.0 cm³/mol. The first kappa shape index (κ1) is 16.0. The van der Waals surface area contributed by atoms with Gasteiger partial charge in [0.1, 0.15) is 0 Å². The molecule has 2 nitrogen and oxygen atoms in total. The Kier molecular flexibility index (Phi) is 9.59. The Morgan fingerprint density at radius 1 is 1.00 bits per heavy atom. The summed E-state index contributed by atoms with van der Waals surface area (Å²) < 4.78 is 6.10. The number of ether oxygens (including phenoxy) is 1. The summed E-state index contributed by atoms with van der Waals surface area (Å²) in [5.74, 6) is 0.840. The zero-order valence-corrected chi connectivity index (χ0v) is 12.5. The lowest BCUT2D eigenvalue weighted by molar-refractivity contribution is -0.0135. The first-order valence-corrected chi connectivity index (χ1v) is 8.20. The van der Waals surface area contributed by atoms with Gasteiger partial charge in [-0.2, -0.15) is 0 Å². The van der Waals surface area contributed by atoms with Gasteiger partial charge in [-0.25, -0.2) is 0 Å². The fourth-order valence-corrected chi connectivity index (χ4v) is 2.98. The molecule has 18 heavy (non-hydrogen) atoms. The van der Waals surface area contributed by atoms with Crippen LogP contribution in [0.25, 0.3) is 0 Å². The molecule has 0 heterocycles. The van der Waals surface area contributed by atoms with Gasteiger partial charge in [0.15, 0.2) is 0 Å². The fourth-order valence-electron chi connectivity index (χ4n) is 2.98. The Morgan fingerprint density at radius 3 is 2.56 bits per heavy atom. The van der Waals surface area contributed by atoms with Crippen molar-refractivity contribution in [2.24, 2.45) is 5.92 Å². The van der Waals surface area contributed by atoms with E-state index < -0.39 is 0 Å². The van der Waals surface area contributed by atoms with Crippen molar-refractivity contribution >= 4 is 0 Å². The van der Waals surface area contributed by atoms with E-state index in [1.54, 1.807) is 0 Å². The van der Waals surface area contributed by atoms with E-state index in [1.807, 2.05) is 0 Å². The molecule has 0 saturated heterocycles. The van der Waals surface area contributed by atoms with Crippen LogP contribution in [-0.4, -0.2) is 25.8 Å². The largest absolute Gasteiger partial charge is 0.378 e. The highest BCUT2D eigenvalue weighted by Gasteiger charge is 2.23. The summed E-state index contributed by atoms with van der Waals surface area (Å²) in [6.07, 6.45) is 12.6. The third kappa shape index (κ3) is 6.75. The molecule has 0 aromatic rings. The van der Waals surface area contributed by atoms with Gasteiger partial charge < -0.3 is 10.1 Å². The molecule has 1 N–H and O–H groups in total. The summed E-state index contributed by atoms with van der Waals surface area (Å²) in [6, 6.07) is 0. The van der Waals surface area contributed by atoms with Crippen LogP contribution in [0.4, 0.5) is 0 Å². The minimum Gasteiger partial charge on any atom is -0.378 e. The quantitative estimate of drug-likeness (QED) is 0.592. The van der Waals surface area contributed by atoms with Gasteiger partial charge in [0.2, 0.25) is 0 Å². The van der Waals surface area contributed by atoms with Gasteiger partial charge >= 0.3 is 0 Å². The highest BCUT2D eigenvalue weighted by Crippen LogP contribution is 2.29. The number of nitrogens with one attached hydrogen (secondary N) is 1. The Bertz CT molecular complexity index is 184. The van der Waals surface area contributed by atoms with E-state index >= 15 is 0 Å². The fraction of sp³-hybridized carbons (Fsp3) is 1.00. The average molecular weight is 255 g/mol. The molecule has 0 radical (unpaired) electrons. The molecule has 0 bridgehead atoms. The first-order valence-electron chi connectivity index (χ1n) is 8.20. The average Bonchev–Trinajstić information content (AvgIpc) is 2.42. The number of hydrogen-bond donors (Lipinski definition) is 1. The van der Waals surface area contributed by atoms with Crippen LogP contribution in [0, 0.1) is 5.92 Å². The number of rotatable bonds is 10. The van der Waals surface area contributed by atoms with Gasteiger partial charge in [0.05, 0.1) is 6.10 Å². The highest BCUT2D eigenvalue weighted by molar-refractivity contribution is 4.74. The molecule has 1 rings (SSSR count). The molecule has 0 aliphatic heterocycles. The van der Waals surface area contributed by atoms with Crippen LogP contribution < -0.4 is 5.32 Å². The van der Waals surface area contributed by atoms with E-state index in [9.17, 15) is 0 Å². The lowest BCUT2D eigenvalue weighted by Gasteiger charge is -2.30. The van der Waals surface area contributed by atoms with Crippen molar-refractivity contribution in [2.45, 2.75) is 77.7 Å². The van der Waals surface area contributed by atoms with E-state index in [0.29, 0.717) is 6.10 Å². The van der Waals surface area contributed by atoms with Gasteiger partial charge in [0, 0.05) is 6.61 Å². The molecule has 1 aliphatic carbocycles. The maximum atomic E-state index is 6.10. The maximum Gasteiger partial charge on any atom is 0.0603 e. The highest BCUT2D eigenvalue weighted by atomic mass is 16.5. The molecule has 0 amide bonds. The third-order valence-corrected chi connectivity index (χ3v) is 4.19. The molecule has 0 aromatic heterocycles. The van der Waals surface area contributed by atoms with Crippen LogP contribution in [0.15, 0.2) is 0 Å². The van der Waals surface area contributed by atoms with Crippen LogP contribution in [0.3, 0.4) is 0 Å². The van der Waals surface area contributed by atoms with Gasteiger partial charge in [0.25, 0.3) is 0 Å². The van der Waals surface area contributed by atoms with Crippen molar-refractivity contribution < 1.29 is 4.74 Å². The Balaban J connectivity index is 1.93. The smallest absolute Gasteiger partial charge is 0.0603 e. The normalized spacial score (nSPS) is 24.3. The molecule has 1 aliphatic rings. The summed E-state index contributed by atoms with van der Waals surface area (Å²) in [7, 11) is 0. The second-order valence-electron chi connectivity index (χ2n) is 5.63. The Morgan fingerprint density at radius 2 is 1.78 bits per heavy atom. The minimum absolute atomic E-state index is 0.575. The van der Waals surface area contributed by atoms with Crippen molar-refractivity contribution in [3.8, 4) is 0 Å². The van der Waals surface area contributed by atoms with Gasteiger partial charge in [-0.15, -0.1) is 0 Å². The molecule has 1 saturated carbocycles. The van der Waals surface area contributed by atoms with Crippen LogP contribution in [0.5, 0.6) is 0 Å². The molecule has 0 spiro atoms. The molecule has 2 unspecified atom stereocenters. The molecular formula is C16H33NO. The van der Waals surface area contributed by atoms with Crippen molar-refractivity contribution in [1.82, 2.24) is 5.32 Å². The second-order valence-corrected chi connectivity index (χ2v) is 5.63. The van der Waals surface area contributed by atoms with E-state index in [1.165, 1.54) is 64.3 Å². The summed E-state index contributed by atoms with van der Waals surface area (Å²) in [5.41, 5.74) is 0. The predicted octanol–water partition coefficient (Wildman–Crippen LogP) is 4.14. The molecule has 0 aromatic carbocycles. The van der Waals surface area contributed by atoms with Gasteiger partial charge in [-0.3, -0.25) is 0 Å². The maximum absolute atomic E-state index is 6.10. The Labute approximate surface area is 114 Å². The second kappa shape index (κ2) is 10.8. The van der Waals surface area contributed by atoms with Gasteiger partial charge in [-0.1, -0.05) is 46.0 Å². The number of unbranched alkanes of at least 4 members (excludes halogenated alkanes) is 3. The van der Waals surface area contributed by atoms with Crippen LogP contribution in [-0.2, 0) is 4.74 Å². The molecule has 108 valence electrons. The summed E-state index contributed by atoms with van der Waals surface area (Å²) in [5, 5.41) is 3.37. The van der Waals surface area contributed by atoms with E-state index in [0.717, 1.165) is 19.1 Å². The molecular weight excluding hydrogens is 222 g/mol. The zero-order chi connectivity index (χ0) is 13.1. The van der Waals surface area contributed by atoms with Crippen LogP contribution in [0.1, 0.15) is 71.6 Å². The third-order valence-electron chi connectivity index (χ3n) is 4.19. The van der Waals surface area contributed by atoms with Crippen molar-refractivity contribution in [1.29, 1.82) is 0 Å². The monoisotopic (exact) mass is 255 g/mol. The van der Waals surface area contributed by atoms with Gasteiger partial charge in [-0.05, 0) is 44.7 Å². The van der Waals surface area contributed by atoms with Crippen LogP contribution >= 0.6 is 0 Å². The van der Waals surface area contributed by atoms with E-state index in [2.05, 4.69) is 19.2 Å². The van der Waals surface area contributed by atoms with Crippen molar-refractivity contribution in [2.75, 3.05) is 19.7 Å². The molecule has 2 atom stereocenters. The molecule has 2 heteroatoms. The van der Waals surface area contributed by atoms with E-state index in [4.69, 9.17) is 4.74 Å². The Hall–Kier alpha value is -0.0800. The number of hydrogen-bond acceptors (Lipinski definition) is 2. The zero-order valence-electron chi connectivity index (χ0n) is 12.5. The SMILES string of the molecule is CCNCCCCCCOC1CCCCC1CC. The topological polar surface area (TPSA) is 21.3 Å². The first-order chi connectivity index (χ1) is 8.88. The van der Waals surface area contributed by atoms with E-state index in [-0.39, 0.29) is 0 Å². The summed E-state index contributed by atoms with van der Waals surface area (Å²) >= 11 is 0. The van der Waals surface area contributed by atoms with Crippen molar-refractivity contribution in [3.05, 3.63) is 0 Å². The summed E-state index contributed by atoms with van der Waals surface area (Å²) in [6.45, 7) is 7.75. The lowest BCUT2D eigenvalue weighted by atomic mass is 9.85. The minimum atomic E-state index is 0.575.